The second kappa shape index (κ2) is 2.29. The molecule has 1 atom stereocenters. The maximum absolute atomic E-state index is 8.89. The van der Waals surface area contributed by atoms with Gasteiger partial charge in [0.05, 0.1) is 0 Å². The molecule has 0 saturated carbocycles. The lowest BCUT2D eigenvalue weighted by atomic mass is 10.3. The van der Waals surface area contributed by atoms with E-state index in [1.54, 1.807) is 0 Å². The zero-order valence-corrected chi connectivity index (χ0v) is 5.60. The third-order valence-corrected chi connectivity index (χ3v) is 1.27. The Bertz CT molecular complexity index is 235. The normalized spacial score (nSPS) is 25.5. The molecule has 1 rings (SSSR count). The van der Waals surface area contributed by atoms with Crippen molar-refractivity contribution in [2.75, 3.05) is 0 Å². The average Bonchev–Trinajstić information content (AvgIpc) is 1.97. The highest BCUT2D eigenvalue weighted by Gasteiger charge is 2.22. The van der Waals surface area contributed by atoms with Crippen LogP contribution in [0, 0.1) is 0 Å². The number of nitrogens with zero attached hydrogens (tertiary/aromatic N) is 2. The number of hydrogen-bond acceptors (Lipinski definition) is 7. The summed E-state index contributed by atoms with van der Waals surface area (Å²) in [4.78, 5) is 3.36. The van der Waals surface area contributed by atoms with E-state index in [1.165, 1.54) is 0 Å². The fraction of sp³-hybridized carbons (Fsp3) is 0.250. The predicted molar refractivity (Wildman–Crippen MR) is 36.7 cm³/mol. The molecule has 7 heteroatoms. The molecule has 0 fully saturated rings. The number of nitrogens with two attached hydrogens (primary N) is 3. The van der Waals surface area contributed by atoms with Crippen LogP contribution in [0.4, 0.5) is 0 Å². The van der Waals surface area contributed by atoms with Crippen molar-refractivity contribution in [1.29, 1.82) is 0 Å². The monoisotopic (exact) mass is 159 g/mol. The number of amidine groups is 1. The van der Waals surface area contributed by atoms with Crippen LogP contribution in [-0.2, 0) is 0 Å². The molecule has 1 aliphatic heterocycles. The van der Waals surface area contributed by atoms with E-state index in [0.717, 1.165) is 0 Å². The number of hydroxylamine groups is 2. The molecule has 0 saturated heterocycles. The zero-order valence-electron chi connectivity index (χ0n) is 5.60. The standard InChI is InChI=1S/C4H9N5O2/c5-1-2(6)8-4(10)9(11)3(1)7/h4,10-11H,5,7H2,(H2,6,8). The molecular weight excluding hydrogens is 150 g/mol. The van der Waals surface area contributed by atoms with E-state index in [2.05, 4.69) is 4.99 Å². The Morgan fingerprint density at radius 3 is 2.45 bits per heavy atom. The number of aliphatic hydroxyl groups is 1. The molecule has 0 aromatic carbocycles. The Labute approximate surface area is 62.4 Å². The van der Waals surface area contributed by atoms with Gasteiger partial charge in [0.1, 0.15) is 11.5 Å². The molecule has 1 heterocycles. The van der Waals surface area contributed by atoms with E-state index in [-0.39, 0.29) is 17.4 Å². The van der Waals surface area contributed by atoms with Gasteiger partial charge in [0, 0.05) is 0 Å². The molecule has 0 aliphatic carbocycles. The van der Waals surface area contributed by atoms with Crippen LogP contribution in [0.5, 0.6) is 0 Å². The van der Waals surface area contributed by atoms with Gasteiger partial charge in [-0.05, 0) is 0 Å². The summed E-state index contributed by atoms with van der Waals surface area (Å²) >= 11 is 0. The van der Waals surface area contributed by atoms with E-state index < -0.39 is 6.35 Å². The maximum Gasteiger partial charge on any atom is 0.251 e. The van der Waals surface area contributed by atoms with Gasteiger partial charge in [-0.2, -0.15) is 5.06 Å². The summed E-state index contributed by atoms with van der Waals surface area (Å²) in [5.74, 6) is -0.287. The van der Waals surface area contributed by atoms with Gasteiger partial charge in [0.15, 0.2) is 5.82 Å². The maximum atomic E-state index is 8.89. The predicted octanol–water partition coefficient (Wildman–Crippen LogP) is -2.59. The molecule has 0 radical (unpaired) electrons. The number of aliphatic hydroxyl groups excluding tert-OH is 1. The van der Waals surface area contributed by atoms with Gasteiger partial charge in [-0.3, -0.25) is 5.21 Å². The third kappa shape index (κ3) is 1.06. The summed E-state index contributed by atoms with van der Waals surface area (Å²) in [7, 11) is 0. The fourth-order valence-corrected chi connectivity index (χ4v) is 0.628. The molecular formula is C4H9N5O2. The molecule has 0 bridgehead atoms. The topological polar surface area (TPSA) is 134 Å². The summed E-state index contributed by atoms with van der Waals surface area (Å²) in [5, 5.41) is 18.1. The first kappa shape index (κ1) is 7.63. The Kier molecular flexibility index (Phi) is 1.59. The largest absolute Gasteiger partial charge is 0.393 e. The van der Waals surface area contributed by atoms with E-state index in [4.69, 9.17) is 27.5 Å². The number of aliphatic imine (C=N–C) groups is 1. The Balaban J connectivity index is 3.02. The molecule has 0 amide bonds. The zero-order chi connectivity index (χ0) is 8.59. The minimum atomic E-state index is -1.47. The Morgan fingerprint density at radius 1 is 1.36 bits per heavy atom. The highest BCUT2D eigenvalue weighted by Crippen LogP contribution is 2.08. The molecule has 0 aromatic rings. The Morgan fingerprint density at radius 2 is 1.91 bits per heavy atom. The summed E-state index contributed by atoms with van der Waals surface area (Å²) in [6.45, 7) is 0. The van der Waals surface area contributed by atoms with Crippen molar-refractivity contribution >= 4 is 5.84 Å². The lowest BCUT2D eigenvalue weighted by molar-refractivity contribution is -0.168. The van der Waals surface area contributed by atoms with Gasteiger partial charge in [-0.25, -0.2) is 4.99 Å². The Hall–Kier alpha value is -1.47. The fourth-order valence-electron chi connectivity index (χ4n) is 0.628. The molecule has 0 aromatic heterocycles. The van der Waals surface area contributed by atoms with Crippen molar-refractivity contribution in [1.82, 2.24) is 5.06 Å². The second-order valence-electron chi connectivity index (χ2n) is 2.00. The van der Waals surface area contributed by atoms with Crippen LogP contribution in [0.2, 0.25) is 0 Å². The van der Waals surface area contributed by atoms with Crippen LogP contribution < -0.4 is 17.2 Å². The smallest absolute Gasteiger partial charge is 0.251 e. The van der Waals surface area contributed by atoms with Crippen LogP contribution in [0.3, 0.4) is 0 Å². The molecule has 7 nitrogen and oxygen atoms in total. The second-order valence-corrected chi connectivity index (χ2v) is 2.00. The molecule has 11 heavy (non-hydrogen) atoms. The summed E-state index contributed by atoms with van der Waals surface area (Å²) in [5.41, 5.74) is 15.6. The van der Waals surface area contributed by atoms with Gasteiger partial charge >= 0.3 is 0 Å². The first-order valence-electron chi connectivity index (χ1n) is 2.79. The summed E-state index contributed by atoms with van der Waals surface area (Å²) in [6.07, 6.45) is -1.47. The molecule has 62 valence electrons. The average molecular weight is 159 g/mol. The summed E-state index contributed by atoms with van der Waals surface area (Å²) < 4.78 is 0. The van der Waals surface area contributed by atoms with E-state index in [0.29, 0.717) is 5.06 Å². The van der Waals surface area contributed by atoms with Crippen LogP contribution in [0.1, 0.15) is 0 Å². The minimum Gasteiger partial charge on any atom is -0.393 e. The van der Waals surface area contributed by atoms with E-state index in [1.807, 2.05) is 0 Å². The van der Waals surface area contributed by atoms with Gasteiger partial charge in [0.2, 0.25) is 0 Å². The lowest BCUT2D eigenvalue weighted by Gasteiger charge is -2.25. The quantitative estimate of drug-likeness (QED) is 0.263. The highest BCUT2D eigenvalue weighted by atomic mass is 16.5. The van der Waals surface area contributed by atoms with E-state index >= 15 is 0 Å². The van der Waals surface area contributed by atoms with Gasteiger partial charge < -0.3 is 22.3 Å². The first-order chi connectivity index (χ1) is 5.04. The molecule has 1 aliphatic rings. The lowest BCUT2D eigenvalue weighted by Crippen LogP contribution is -2.43. The van der Waals surface area contributed by atoms with Gasteiger partial charge in [-0.1, -0.05) is 0 Å². The van der Waals surface area contributed by atoms with Crippen LogP contribution >= 0.6 is 0 Å². The van der Waals surface area contributed by atoms with Crippen LogP contribution in [-0.4, -0.2) is 27.6 Å². The van der Waals surface area contributed by atoms with Crippen molar-refractivity contribution in [2.45, 2.75) is 6.35 Å². The van der Waals surface area contributed by atoms with Crippen molar-refractivity contribution < 1.29 is 10.3 Å². The SMILES string of the molecule is NC1=NC(O)N(O)C(N)=C1N. The van der Waals surface area contributed by atoms with Crippen molar-refractivity contribution in [3.05, 3.63) is 11.5 Å². The van der Waals surface area contributed by atoms with Crippen molar-refractivity contribution in [2.24, 2.45) is 22.2 Å². The minimum absolute atomic E-state index is 0.0437. The van der Waals surface area contributed by atoms with Gasteiger partial charge in [0.25, 0.3) is 6.35 Å². The third-order valence-electron chi connectivity index (χ3n) is 1.27. The van der Waals surface area contributed by atoms with Crippen LogP contribution in [0.15, 0.2) is 16.5 Å². The van der Waals surface area contributed by atoms with Crippen LogP contribution in [0.25, 0.3) is 0 Å². The molecule has 8 N–H and O–H groups in total. The molecule has 1 unspecified atom stereocenters. The van der Waals surface area contributed by atoms with Gasteiger partial charge in [-0.15, -0.1) is 0 Å². The van der Waals surface area contributed by atoms with Crippen molar-refractivity contribution in [3.8, 4) is 0 Å². The molecule has 0 spiro atoms. The van der Waals surface area contributed by atoms with Crippen molar-refractivity contribution in [3.63, 3.8) is 0 Å². The first-order valence-corrected chi connectivity index (χ1v) is 2.79. The number of hydrogen-bond donors (Lipinski definition) is 5. The number of rotatable bonds is 0. The summed E-state index contributed by atoms with van der Waals surface area (Å²) in [6, 6.07) is 0. The highest BCUT2D eigenvalue weighted by molar-refractivity contribution is 5.97. The van der Waals surface area contributed by atoms with E-state index in [9.17, 15) is 0 Å².